The third kappa shape index (κ3) is 6.58. The number of hydrogen-bond donors (Lipinski definition) is 1. The molecular formula is C27H28N2O3S2. The first-order chi connectivity index (χ1) is 16.6. The average molecular weight is 493 g/mol. The van der Waals surface area contributed by atoms with E-state index in [4.69, 9.17) is 9.73 Å². The largest absolute Gasteiger partial charge is 0.465 e. The summed E-state index contributed by atoms with van der Waals surface area (Å²) in [4.78, 5) is 30.5. The number of amides is 1. The summed E-state index contributed by atoms with van der Waals surface area (Å²) in [7, 11) is 1.41. The monoisotopic (exact) mass is 492 g/mol. The van der Waals surface area contributed by atoms with Gasteiger partial charge in [0.25, 0.3) is 0 Å². The number of thioether (sulfide) groups is 1. The van der Waals surface area contributed by atoms with E-state index in [1.54, 1.807) is 11.8 Å². The highest BCUT2D eigenvalue weighted by atomic mass is 32.2. The van der Waals surface area contributed by atoms with Crippen molar-refractivity contribution >= 4 is 40.1 Å². The van der Waals surface area contributed by atoms with Crippen molar-refractivity contribution in [1.82, 2.24) is 5.32 Å². The van der Waals surface area contributed by atoms with Crippen molar-refractivity contribution in [3.05, 3.63) is 82.0 Å². The molecule has 2 aromatic carbocycles. The van der Waals surface area contributed by atoms with Gasteiger partial charge in [0.15, 0.2) is 5.17 Å². The number of amidine groups is 1. The van der Waals surface area contributed by atoms with Crippen LogP contribution in [0.4, 0.5) is 0 Å². The lowest BCUT2D eigenvalue weighted by Crippen LogP contribution is -2.34. The first-order valence-electron chi connectivity index (χ1n) is 11.5. The van der Waals surface area contributed by atoms with Gasteiger partial charge in [-0.15, -0.1) is 11.3 Å². The van der Waals surface area contributed by atoms with Gasteiger partial charge in [0.2, 0.25) is 5.91 Å². The molecule has 1 amide bonds. The van der Waals surface area contributed by atoms with Gasteiger partial charge in [0.05, 0.1) is 19.6 Å². The lowest BCUT2D eigenvalue weighted by atomic mass is 9.99. The summed E-state index contributed by atoms with van der Waals surface area (Å²) < 4.78 is 4.76. The molecule has 0 saturated heterocycles. The van der Waals surface area contributed by atoms with E-state index in [0.717, 1.165) is 47.7 Å². The molecule has 1 aromatic heterocycles. The normalized spacial score (nSPS) is 15.5. The zero-order valence-corrected chi connectivity index (χ0v) is 20.8. The minimum absolute atomic E-state index is 0.0220. The number of esters is 1. The zero-order chi connectivity index (χ0) is 23.8. The molecule has 0 saturated carbocycles. The average Bonchev–Trinajstić information content (AvgIpc) is 3.35. The first-order valence-corrected chi connectivity index (χ1v) is 13.3. The summed E-state index contributed by atoms with van der Waals surface area (Å²) in [6.07, 6.45) is 4.54. The second kappa shape index (κ2) is 12.0. The van der Waals surface area contributed by atoms with E-state index in [-0.39, 0.29) is 17.9 Å². The van der Waals surface area contributed by atoms with Crippen LogP contribution in [0.25, 0.3) is 11.1 Å². The number of carbonyl (C=O) groups is 2. The molecule has 1 atom stereocenters. The Hall–Kier alpha value is -2.90. The van der Waals surface area contributed by atoms with Crippen molar-refractivity contribution in [3.63, 3.8) is 0 Å². The molecule has 4 rings (SSSR count). The zero-order valence-electron chi connectivity index (χ0n) is 19.2. The molecular weight excluding hydrogens is 464 g/mol. The summed E-state index contributed by atoms with van der Waals surface area (Å²) in [5, 5.41) is 3.64. The Kier molecular flexibility index (Phi) is 8.55. The molecule has 0 aliphatic carbocycles. The Bertz CT molecular complexity index is 1140. The molecule has 3 aromatic rings. The maximum absolute atomic E-state index is 12.3. The molecule has 7 heteroatoms. The molecule has 34 heavy (non-hydrogen) atoms. The number of nitrogens with zero attached hydrogens (tertiary/aromatic N) is 1. The minimum atomic E-state index is -0.270. The molecule has 0 fully saturated rings. The fraction of sp³-hybridized carbons (Fsp3) is 0.296. The lowest BCUT2D eigenvalue weighted by Gasteiger charge is -2.21. The van der Waals surface area contributed by atoms with E-state index in [1.165, 1.54) is 28.9 Å². The summed E-state index contributed by atoms with van der Waals surface area (Å²) in [5.41, 5.74) is 3.40. The van der Waals surface area contributed by atoms with E-state index in [2.05, 4.69) is 41.7 Å². The highest BCUT2D eigenvalue weighted by molar-refractivity contribution is 8.13. The number of benzene rings is 2. The molecule has 176 valence electrons. The fourth-order valence-electron chi connectivity index (χ4n) is 3.83. The number of aryl methyl sites for hydroxylation is 1. The Balaban J connectivity index is 1.24. The minimum Gasteiger partial charge on any atom is -0.465 e. The van der Waals surface area contributed by atoms with Crippen LogP contribution in [0.5, 0.6) is 0 Å². The van der Waals surface area contributed by atoms with Gasteiger partial charge >= 0.3 is 5.97 Å². The SMILES string of the molecule is COC(=O)c1ccc(CCCCCSC2=NC(c3ccc(-c4ccccc4)cc3)CC(=O)N2)s1. The van der Waals surface area contributed by atoms with Crippen molar-refractivity contribution in [2.45, 2.75) is 38.1 Å². The van der Waals surface area contributed by atoms with Crippen LogP contribution in [0.15, 0.2) is 71.7 Å². The van der Waals surface area contributed by atoms with Gasteiger partial charge in [0, 0.05) is 10.6 Å². The van der Waals surface area contributed by atoms with Gasteiger partial charge in [-0.3, -0.25) is 9.79 Å². The molecule has 0 bridgehead atoms. The predicted molar refractivity (Wildman–Crippen MR) is 140 cm³/mol. The second-order valence-electron chi connectivity index (χ2n) is 8.11. The van der Waals surface area contributed by atoms with Crippen molar-refractivity contribution in [2.24, 2.45) is 4.99 Å². The van der Waals surface area contributed by atoms with Crippen LogP contribution in [0.2, 0.25) is 0 Å². The molecule has 1 unspecified atom stereocenters. The summed E-state index contributed by atoms with van der Waals surface area (Å²) in [5.74, 6) is 0.665. The van der Waals surface area contributed by atoms with Crippen LogP contribution >= 0.6 is 23.1 Å². The number of hydrogen-bond acceptors (Lipinski definition) is 6. The number of thiophene rings is 1. The molecule has 2 heterocycles. The van der Waals surface area contributed by atoms with Gasteiger partial charge in [0.1, 0.15) is 4.88 Å². The molecule has 1 aliphatic heterocycles. The van der Waals surface area contributed by atoms with Crippen LogP contribution in [-0.2, 0) is 16.0 Å². The summed E-state index contributed by atoms with van der Waals surface area (Å²) >= 11 is 3.12. The number of carbonyl (C=O) groups excluding carboxylic acids is 2. The Morgan fingerprint density at radius 2 is 1.79 bits per heavy atom. The maximum atomic E-state index is 12.3. The predicted octanol–water partition coefficient (Wildman–Crippen LogP) is 6.26. The second-order valence-corrected chi connectivity index (χ2v) is 10.4. The topological polar surface area (TPSA) is 67.8 Å². The van der Waals surface area contributed by atoms with Gasteiger partial charge < -0.3 is 10.1 Å². The number of methoxy groups -OCH3 is 1. The third-order valence-electron chi connectivity index (χ3n) is 5.66. The molecule has 0 spiro atoms. The van der Waals surface area contributed by atoms with Crippen molar-refractivity contribution in [3.8, 4) is 11.1 Å². The number of aliphatic imine (C=N–C) groups is 1. The molecule has 0 radical (unpaired) electrons. The van der Waals surface area contributed by atoms with Crippen LogP contribution in [-0.4, -0.2) is 29.9 Å². The maximum Gasteiger partial charge on any atom is 0.348 e. The van der Waals surface area contributed by atoms with Crippen molar-refractivity contribution in [2.75, 3.05) is 12.9 Å². The number of unbranched alkanes of at least 4 members (excludes halogenated alkanes) is 2. The van der Waals surface area contributed by atoms with E-state index in [9.17, 15) is 9.59 Å². The molecule has 1 aliphatic rings. The van der Waals surface area contributed by atoms with Crippen LogP contribution in [0, 0.1) is 0 Å². The summed E-state index contributed by atoms with van der Waals surface area (Å²) in [6, 6.07) is 22.3. The number of ether oxygens (including phenoxy) is 1. The fourth-order valence-corrected chi connectivity index (χ4v) is 5.73. The van der Waals surface area contributed by atoms with E-state index in [1.807, 2.05) is 30.3 Å². The number of nitrogens with one attached hydrogen (secondary N) is 1. The highest BCUT2D eigenvalue weighted by Gasteiger charge is 2.22. The summed E-state index contributed by atoms with van der Waals surface area (Å²) in [6.45, 7) is 0. The van der Waals surface area contributed by atoms with Crippen molar-refractivity contribution in [1.29, 1.82) is 0 Å². The Labute approximate surface area is 208 Å². The van der Waals surface area contributed by atoms with Gasteiger partial charge in [-0.2, -0.15) is 0 Å². The standard InChI is InChI=1S/C27H28N2O3S2/c1-32-26(31)24-16-15-22(34-24)10-6-3-7-17-33-27-28-23(18-25(30)29-27)21-13-11-20(12-14-21)19-8-4-2-5-9-19/h2,4-5,8-9,11-16,23H,3,6-7,10,17-18H2,1H3,(H,28,29,30). The van der Waals surface area contributed by atoms with Crippen LogP contribution in [0.3, 0.4) is 0 Å². The van der Waals surface area contributed by atoms with E-state index >= 15 is 0 Å². The lowest BCUT2D eigenvalue weighted by molar-refractivity contribution is -0.120. The quantitative estimate of drug-likeness (QED) is 0.283. The van der Waals surface area contributed by atoms with E-state index in [0.29, 0.717) is 11.3 Å². The Morgan fingerprint density at radius 3 is 2.56 bits per heavy atom. The first kappa shape index (κ1) is 24.2. The van der Waals surface area contributed by atoms with Crippen molar-refractivity contribution < 1.29 is 14.3 Å². The van der Waals surface area contributed by atoms with Crippen LogP contribution in [0.1, 0.15) is 51.8 Å². The van der Waals surface area contributed by atoms with Gasteiger partial charge in [-0.1, -0.05) is 72.8 Å². The number of rotatable bonds is 9. The third-order valence-corrected chi connectivity index (χ3v) is 7.75. The Morgan fingerprint density at radius 1 is 1.03 bits per heavy atom. The highest BCUT2D eigenvalue weighted by Crippen LogP contribution is 2.28. The van der Waals surface area contributed by atoms with Gasteiger partial charge in [-0.25, -0.2) is 4.79 Å². The van der Waals surface area contributed by atoms with Gasteiger partial charge in [-0.05, 0) is 48.1 Å². The molecule has 5 nitrogen and oxygen atoms in total. The molecule has 1 N–H and O–H groups in total. The smallest absolute Gasteiger partial charge is 0.348 e. The van der Waals surface area contributed by atoms with Crippen LogP contribution < -0.4 is 5.32 Å². The van der Waals surface area contributed by atoms with E-state index < -0.39 is 0 Å².